The highest BCUT2D eigenvalue weighted by Crippen LogP contribution is 2.31. The number of aromatic amines is 1. The van der Waals surface area contributed by atoms with E-state index in [1.165, 1.54) is 12.3 Å². The van der Waals surface area contributed by atoms with Crippen molar-refractivity contribution in [2.75, 3.05) is 13.1 Å². The molecule has 0 bridgehead atoms. The zero-order valence-electron chi connectivity index (χ0n) is 16.2. The molecule has 2 heterocycles. The fourth-order valence-corrected chi connectivity index (χ4v) is 5.10. The largest absolute Gasteiger partial charge is 0.504 e. The second-order valence-electron chi connectivity index (χ2n) is 7.37. The summed E-state index contributed by atoms with van der Waals surface area (Å²) in [5.41, 5.74) is 0.227. The number of benzene rings is 1. The number of nitrogens with one attached hydrogen (secondary N) is 2. The van der Waals surface area contributed by atoms with Crippen LogP contribution in [0, 0.1) is 11.8 Å². The molecule has 2 aromatic rings. The van der Waals surface area contributed by atoms with Crippen molar-refractivity contribution in [2.45, 2.75) is 37.6 Å². The Kier molecular flexibility index (Phi) is 6.08. The maximum atomic E-state index is 12.8. The lowest BCUT2D eigenvalue weighted by Gasteiger charge is -2.27. The zero-order valence-corrected chi connectivity index (χ0v) is 17.1. The van der Waals surface area contributed by atoms with Crippen molar-refractivity contribution in [2.24, 2.45) is 11.8 Å². The third-order valence-corrected chi connectivity index (χ3v) is 6.76. The van der Waals surface area contributed by atoms with Gasteiger partial charge >= 0.3 is 0 Å². The van der Waals surface area contributed by atoms with Crippen LogP contribution in [0.25, 0.3) is 0 Å². The van der Waals surface area contributed by atoms with Crippen molar-refractivity contribution in [1.82, 2.24) is 25.0 Å². The van der Waals surface area contributed by atoms with Gasteiger partial charge in [-0.2, -0.15) is 15.4 Å². The van der Waals surface area contributed by atoms with Crippen LogP contribution >= 0.6 is 0 Å². The Morgan fingerprint density at radius 2 is 2.10 bits per heavy atom. The van der Waals surface area contributed by atoms with Gasteiger partial charge in [-0.15, -0.1) is 0 Å². The van der Waals surface area contributed by atoms with Crippen LogP contribution in [0.4, 0.5) is 0 Å². The summed E-state index contributed by atoms with van der Waals surface area (Å²) in [7, 11) is -3.91. The molecular formula is C18H25N5O5S. The van der Waals surface area contributed by atoms with Crippen LogP contribution in [0.3, 0.4) is 0 Å². The fourth-order valence-electron chi connectivity index (χ4n) is 3.76. The first kappa shape index (κ1) is 21.1. The lowest BCUT2D eigenvalue weighted by atomic mass is 9.88. The van der Waals surface area contributed by atoms with Gasteiger partial charge in [-0.25, -0.2) is 13.1 Å². The first-order valence-corrected chi connectivity index (χ1v) is 10.9. The third kappa shape index (κ3) is 4.51. The van der Waals surface area contributed by atoms with Crippen molar-refractivity contribution in [3.8, 4) is 11.5 Å². The maximum Gasteiger partial charge on any atom is 0.276 e. The molecular weight excluding hydrogens is 398 g/mol. The number of carbonyl (C=O) groups excluding carboxylic acids is 1. The number of nitrogens with zero attached hydrogens (tertiary/aromatic N) is 3. The average Bonchev–Trinajstić information content (AvgIpc) is 3.32. The fraction of sp³-hybridized carbons (Fsp3) is 0.500. The van der Waals surface area contributed by atoms with Crippen molar-refractivity contribution >= 4 is 15.9 Å². The molecule has 1 aromatic carbocycles. The SMILES string of the molecule is CCC[C@@H](NS(=O)(=O)c1ccc(O)c(O)c1)[C@H]1CN(C(=O)c2cn[nH]n2)C[C@H]1C. The molecule has 11 heteroatoms. The van der Waals surface area contributed by atoms with Gasteiger partial charge in [0.05, 0.1) is 11.1 Å². The monoisotopic (exact) mass is 423 g/mol. The van der Waals surface area contributed by atoms with Gasteiger partial charge in [0.1, 0.15) is 0 Å². The van der Waals surface area contributed by atoms with Crippen LogP contribution in [0.5, 0.6) is 11.5 Å². The molecule has 1 aliphatic heterocycles. The highest BCUT2D eigenvalue weighted by atomic mass is 32.2. The molecule has 1 aliphatic rings. The molecule has 0 spiro atoms. The second kappa shape index (κ2) is 8.37. The number of amides is 1. The summed E-state index contributed by atoms with van der Waals surface area (Å²) in [5.74, 6) is -1.13. The quantitative estimate of drug-likeness (QED) is 0.487. The van der Waals surface area contributed by atoms with E-state index < -0.39 is 15.8 Å². The van der Waals surface area contributed by atoms with Crippen molar-refractivity contribution in [3.63, 3.8) is 0 Å². The highest BCUT2D eigenvalue weighted by Gasteiger charge is 2.39. The summed E-state index contributed by atoms with van der Waals surface area (Å²) in [6.07, 6.45) is 2.72. The Hall–Kier alpha value is -2.66. The van der Waals surface area contributed by atoms with E-state index in [4.69, 9.17) is 0 Å². The summed E-state index contributed by atoms with van der Waals surface area (Å²) in [5, 5.41) is 29.0. The average molecular weight is 423 g/mol. The number of H-pyrrole nitrogens is 1. The lowest BCUT2D eigenvalue weighted by Crippen LogP contribution is -2.43. The Balaban J connectivity index is 1.78. The van der Waals surface area contributed by atoms with Gasteiger partial charge in [0.15, 0.2) is 17.2 Å². The predicted octanol–water partition coefficient (Wildman–Crippen LogP) is 1.07. The molecule has 1 fully saturated rings. The molecule has 1 saturated heterocycles. The predicted molar refractivity (Wildman–Crippen MR) is 104 cm³/mol. The van der Waals surface area contributed by atoms with E-state index in [1.807, 2.05) is 13.8 Å². The van der Waals surface area contributed by atoms with Crippen LogP contribution in [-0.4, -0.2) is 64.0 Å². The van der Waals surface area contributed by atoms with Gasteiger partial charge in [-0.3, -0.25) is 4.79 Å². The molecule has 10 nitrogen and oxygen atoms in total. The molecule has 1 amide bonds. The van der Waals surface area contributed by atoms with E-state index in [0.717, 1.165) is 18.6 Å². The van der Waals surface area contributed by atoms with Gasteiger partial charge in [-0.1, -0.05) is 20.3 Å². The zero-order chi connectivity index (χ0) is 21.2. The Morgan fingerprint density at radius 1 is 1.34 bits per heavy atom. The van der Waals surface area contributed by atoms with Crippen LogP contribution in [0.2, 0.25) is 0 Å². The molecule has 158 valence electrons. The third-order valence-electron chi connectivity index (χ3n) is 5.27. The number of rotatable bonds is 7. The Bertz CT molecular complexity index is 963. The lowest BCUT2D eigenvalue weighted by molar-refractivity contribution is 0.0777. The number of phenols is 2. The standard InChI is InChI=1S/C18H25N5O5S/c1-3-4-14(21-29(27,28)12-5-6-16(24)17(25)7-12)13-10-23(9-11(13)2)18(26)15-8-19-22-20-15/h5-8,11,13-14,21,24-25H,3-4,9-10H2,1-2H3,(H,19,20,22)/t11-,13+,14-/m1/s1. The first-order chi connectivity index (χ1) is 13.7. The van der Waals surface area contributed by atoms with E-state index >= 15 is 0 Å². The molecule has 4 N–H and O–H groups in total. The van der Waals surface area contributed by atoms with Crippen molar-refractivity contribution < 1.29 is 23.4 Å². The molecule has 3 atom stereocenters. The number of hydrogen-bond acceptors (Lipinski definition) is 7. The maximum absolute atomic E-state index is 12.8. The summed E-state index contributed by atoms with van der Waals surface area (Å²) < 4.78 is 28.4. The summed E-state index contributed by atoms with van der Waals surface area (Å²) >= 11 is 0. The van der Waals surface area contributed by atoms with E-state index in [2.05, 4.69) is 20.1 Å². The van der Waals surface area contributed by atoms with Gasteiger partial charge < -0.3 is 15.1 Å². The van der Waals surface area contributed by atoms with Crippen LogP contribution in [-0.2, 0) is 10.0 Å². The van der Waals surface area contributed by atoms with Crippen molar-refractivity contribution in [3.05, 3.63) is 30.1 Å². The van der Waals surface area contributed by atoms with Crippen LogP contribution in [0.1, 0.15) is 37.2 Å². The molecule has 0 unspecified atom stereocenters. The minimum Gasteiger partial charge on any atom is -0.504 e. The van der Waals surface area contributed by atoms with Gasteiger partial charge in [0, 0.05) is 25.2 Å². The minimum atomic E-state index is -3.91. The number of phenolic OH excluding ortho intramolecular Hbond substituents is 2. The number of likely N-dealkylation sites (tertiary alicyclic amines) is 1. The second-order valence-corrected chi connectivity index (χ2v) is 9.09. The smallest absolute Gasteiger partial charge is 0.276 e. The molecule has 3 rings (SSSR count). The number of carbonyl (C=O) groups is 1. The Morgan fingerprint density at radius 3 is 2.72 bits per heavy atom. The van der Waals surface area contributed by atoms with E-state index in [9.17, 15) is 23.4 Å². The number of aromatic nitrogens is 3. The van der Waals surface area contributed by atoms with Crippen LogP contribution < -0.4 is 4.72 Å². The highest BCUT2D eigenvalue weighted by molar-refractivity contribution is 7.89. The number of sulfonamides is 1. The molecule has 0 saturated carbocycles. The normalized spacial score (nSPS) is 20.7. The molecule has 0 radical (unpaired) electrons. The number of aromatic hydroxyl groups is 2. The van der Waals surface area contributed by atoms with E-state index in [-0.39, 0.29) is 40.1 Å². The minimum absolute atomic E-state index is 0.0775. The van der Waals surface area contributed by atoms with Crippen LogP contribution in [0.15, 0.2) is 29.3 Å². The van der Waals surface area contributed by atoms with Crippen molar-refractivity contribution in [1.29, 1.82) is 0 Å². The summed E-state index contributed by atoms with van der Waals surface area (Å²) in [6.45, 7) is 4.86. The van der Waals surface area contributed by atoms with E-state index in [0.29, 0.717) is 19.5 Å². The first-order valence-electron chi connectivity index (χ1n) is 9.42. The molecule has 29 heavy (non-hydrogen) atoms. The number of hydrogen-bond donors (Lipinski definition) is 4. The molecule has 1 aromatic heterocycles. The summed E-state index contributed by atoms with van der Waals surface area (Å²) in [6, 6.07) is 3.00. The van der Waals surface area contributed by atoms with Gasteiger partial charge in [0.2, 0.25) is 10.0 Å². The topological polar surface area (TPSA) is 149 Å². The van der Waals surface area contributed by atoms with E-state index in [1.54, 1.807) is 4.90 Å². The Labute approximate surface area is 169 Å². The van der Waals surface area contributed by atoms with Gasteiger partial charge in [-0.05, 0) is 30.4 Å². The summed E-state index contributed by atoms with van der Waals surface area (Å²) in [4.78, 5) is 14.1. The van der Waals surface area contributed by atoms with Gasteiger partial charge in [0.25, 0.3) is 5.91 Å². The molecule has 0 aliphatic carbocycles.